The van der Waals surface area contributed by atoms with Gasteiger partial charge in [0.15, 0.2) is 0 Å². The number of carbonyl (C=O) groups excluding carboxylic acids is 1. The fraction of sp³-hybridized carbons (Fsp3) is 0.211. The van der Waals surface area contributed by atoms with Crippen LogP contribution in [0.25, 0.3) is 10.9 Å². The Bertz CT molecular complexity index is 879. The Balaban J connectivity index is 1.78. The minimum Gasteiger partial charge on any atom is -0.338 e. The van der Waals surface area contributed by atoms with Crippen molar-refractivity contribution in [1.29, 1.82) is 0 Å². The summed E-state index contributed by atoms with van der Waals surface area (Å²) in [7, 11) is 0. The first-order chi connectivity index (χ1) is 11.4. The average Bonchev–Trinajstić information content (AvgIpc) is 2.88. The van der Waals surface area contributed by atoms with E-state index in [1.165, 1.54) is 5.56 Å². The number of rotatable bonds is 4. The van der Waals surface area contributed by atoms with E-state index in [-0.39, 0.29) is 12.5 Å². The third-order valence-electron chi connectivity index (χ3n) is 3.92. The first-order valence-electron chi connectivity index (χ1n) is 7.77. The van der Waals surface area contributed by atoms with Crippen molar-refractivity contribution in [2.24, 2.45) is 0 Å². The summed E-state index contributed by atoms with van der Waals surface area (Å²) in [6.07, 6.45) is 1.93. The van der Waals surface area contributed by atoms with Crippen molar-refractivity contribution in [3.05, 3.63) is 64.3 Å². The van der Waals surface area contributed by atoms with Gasteiger partial charge in [-0.25, -0.2) is 0 Å². The van der Waals surface area contributed by atoms with Crippen LogP contribution in [0.5, 0.6) is 0 Å². The highest BCUT2D eigenvalue weighted by Crippen LogP contribution is 2.24. The maximum absolute atomic E-state index is 12.3. The second kappa shape index (κ2) is 6.88. The molecular formula is C19H18Cl2N2O. The van der Waals surface area contributed by atoms with Crippen LogP contribution in [-0.2, 0) is 11.3 Å². The molecule has 5 heteroatoms. The number of nitrogens with zero attached hydrogens (tertiary/aromatic N) is 1. The van der Waals surface area contributed by atoms with Crippen molar-refractivity contribution in [3.8, 4) is 0 Å². The quantitative estimate of drug-likeness (QED) is 0.634. The molecule has 0 fully saturated rings. The lowest BCUT2D eigenvalue weighted by molar-refractivity contribution is -0.116. The van der Waals surface area contributed by atoms with Crippen LogP contribution < -0.4 is 5.32 Å². The van der Waals surface area contributed by atoms with Gasteiger partial charge in [0.1, 0.15) is 6.54 Å². The molecule has 1 aromatic heterocycles. The van der Waals surface area contributed by atoms with Gasteiger partial charge < -0.3 is 9.88 Å². The normalized spacial score (nSPS) is 11.2. The predicted molar refractivity (Wildman–Crippen MR) is 101 cm³/mol. The average molecular weight is 361 g/mol. The summed E-state index contributed by atoms with van der Waals surface area (Å²) in [5, 5.41) is 4.95. The number of carbonyl (C=O) groups is 1. The number of benzene rings is 2. The third kappa shape index (κ3) is 3.74. The standard InChI is InChI=1S/C19H18Cl2N2O/c1-12(2)13-3-4-18-14(7-13)5-6-23(18)11-19(24)22-17-9-15(20)8-16(21)10-17/h3-10,12H,11H2,1-2H3,(H,22,24). The van der Waals surface area contributed by atoms with Crippen molar-refractivity contribution < 1.29 is 4.79 Å². The largest absolute Gasteiger partial charge is 0.338 e. The molecule has 0 saturated heterocycles. The maximum atomic E-state index is 12.3. The number of amides is 1. The molecule has 0 atom stereocenters. The molecule has 0 aliphatic carbocycles. The molecule has 1 heterocycles. The molecule has 0 aliphatic rings. The molecule has 124 valence electrons. The summed E-state index contributed by atoms with van der Waals surface area (Å²) >= 11 is 11.9. The van der Waals surface area contributed by atoms with E-state index < -0.39 is 0 Å². The van der Waals surface area contributed by atoms with E-state index in [4.69, 9.17) is 23.2 Å². The number of nitrogens with one attached hydrogen (secondary N) is 1. The summed E-state index contributed by atoms with van der Waals surface area (Å²) in [5.74, 6) is 0.354. The van der Waals surface area contributed by atoms with Gasteiger partial charge in [0.25, 0.3) is 0 Å². The van der Waals surface area contributed by atoms with Crippen molar-refractivity contribution in [2.45, 2.75) is 26.3 Å². The molecule has 3 aromatic rings. The molecular weight excluding hydrogens is 343 g/mol. The number of aromatic nitrogens is 1. The molecule has 3 nitrogen and oxygen atoms in total. The Morgan fingerprint density at radius 2 is 1.79 bits per heavy atom. The van der Waals surface area contributed by atoms with Gasteiger partial charge in [0.05, 0.1) is 0 Å². The van der Waals surface area contributed by atoms with E-state index in [1.807, 2.05) is 16.8 Å². The van der Waals surface area contributed by atoms with Gasteiger partial charge in [-0.1, -0.05) is 43.1 Å². The predicted octanol–water partition coefficient (Wildman–Crippen LogP) is 5.71. The topological polar surface area (TPSA) is 34.0 Å². The molecule has 1 N–H and O–H groups in total. The second-order valence-corrected chi connectivity index (χ2v) is 7.00. The smallest absolute Gasteiger partial charge is 0.244 e. The first-order valence-corrected chi connectivity index (χ1v) is 8.53. The summed E-state index contributed by atoms with van der Waals surface area (Å²) in [4.78, 5) is 12.3. The molecule has 0 spiro atoms. The highest BCUT2D eigenvalue weighted by atomic mass is 35.5. The van der Waals surface area contributed by atoms with Crippen LogP contribution in [0.4, 0.5) is 5.69 Å². The molecule has 0 unspecified atom stereocenters. The van der Waals surface area contributed by atoms with Crippen LogP contribution in [0.3, 0.4) is 0 Å². The fourth-order valence-corrected chi connectivity index (χ4v) is 3.22. The Kier molecular flexibility index (Phi) is 4.83. The van der Waals surface area contributed by atoms with E-state index in [1.54, 1.807) is 18.2 Å². The summed E-state index contributed by atoms with van der Waals surface area (Å²) in [5.41, 5.74) is 2.92. The molecule has 2 aromatic carbocycles. The van der Waals surface area contributed by atoms with Gasteiger partial charge in [-0.2, -0.15) is 0 Å². The van der Waals surface area contributed by atoms with Crippen LogP contribution in [0, 0.1) is 0 Å². The molecule has 3 rings (SSSR count). The van der Waals surface area contributed by atoms with Gasteiger partial charge in [-0.15, -0.1) is 0 Å². The van der Waals surface area contributed by atoms with Gasteiger partial charge >= 0.3 is 0 Å². The van der Waals surface area contributed by atoms with Gasteiger partial charge in [-0.05, 0) is 53.3 Å². The van der Waals surface area contributed by atoms with E-state index in [2.05, 4.69) is 37.4 Å². The van der Waals surface area contributed by atoms with E-state index in [9.17, 15) is 4.79 Å². The van der Waals surface area contributed by atoms with E-state index in [0.29, 0.717) is 21.7 Å². The van der Waals surface area contributed by atoms with E-state index >= 15 is 0 Å². The summed E-state index contributed by atoms with van der Waals surface area (Å²) in [6, 6.07) is 13.4. The van der Waals surface area contributed by atoms with Crippen LogP contribution in [0.2, 0.25) is 10.0 Å². The Morgan fingerprint density at radius 1 is 1.08 bits per heavy atom. The Hall–Kier alpha value is -1.97. The monoisotopic (exact) mass is 360 g/mol. The molecule has 0 aliphatic heterocycles. The Labute approximate surface area is 151 Å². The molecule has 24 heavy (non-hydrogen) atoms. The maximum Gasteiger partial charge on any atom is 0.244 e. The molecule has 1 amide bonds. The summed E-state index contributed by atoms with van der Waals surface area (Å²) < 4.78 is 1.93. The zero-order chi connectivity index (χ0) is 17.3. The van der Waals surface area contributed by atoms with Gasteiger partial charge in [-0.3, -0.25) is 4.79 Å². The van der Waals surface area contributed by atoms with Crippen molar-refractivity contribution in [3.63, 3.8) is 0 Å². The van der Waals surface area contributed by atoms with Crippen molar-refractivity contribution in [1.82, 2.24) is 4.57 Å². The Morgan fingerprint density at radius 3 is 2.46 bits per heavy atom. The van der Waals surface area contributed by atoms with Crippen LogP contribution in [0.1, 0.15) is 25.3 Å². The number of hydrogen-bond donors (Lipinski definition) is 1. The van der Waals surface area contributed by atoms with Gasteiger partial charge in [0.2, 0.25) is 5.91 Å². The molecule has 0 bridgehead atoms. The second-order valence-electron chi connectivity index (χ2n) is 6.12. The minimum atomic E-state index is -0.126. The first kappa shape index (κ1) is 16.9. The highest BCUT2D eigenvalue weighted by molar-refractivity contribution is 6.35. The zero-order valence-electron chi connectivity index (χ0n) is 13.5. The van der Waals surface area contributed by atoms with Crippen LogP contribution >= 0.6 is 23.2 Å². The van der Waals surface area contributed by atoms with E-state index in [0.717, 1.165) is 10.9 Å². The lowest BCUT2D eigenvalue weighted by Crippen LogP contribution is -2.18. The molecule has 0 saturated carbocycles. The minimum absolute atomic E-state index is 0.126. The summed E-state index contributed by atoms with van der Waals surface area (Å²) in [6.45, 7) is 4.57. The zero-order valence-corrected chi connectivity index (χ0v) is 15.0. The van der Waals surface area contributed by atoms with Crippen LogP contribution in [-0.4, -0.2) is 10.5 Å². The van der Waals surface area contributed by atoms with Crippen molar-refractivity contribution in [2.75, 3.05) is 5.32 Å². The number of anilines is 1. The van der Waals surface area contributed by atoms with Crippen LogP contribution in [0.15, 0.2) is 48.7 Å². The fourth-order valence-electron chi connectivity index (χ4n) is 2.70. The van der Waals surface area contributed by atoms with Crippen molar-refractivity contribution >= 4 is 45.7 Å². The lowest BCUT2D eigenvalue weighted by Gasteiger charge is -2.09. The lowest BCUT2D eigenvalue weighted by atomic mass is 10.0. The highest BCUT2D eigenvalue weighted by Gasteiger charge is 2.09. The number of halogens is 2. The number of hydrogen-bond acceptors (Lipinski definition) is 1. The number of fused-ring (bicyclic) bond motifs is 1. The SMILES string of the molecule is CC(C)c1ccc2c(ccn2CC(=O)Nc2cc(Cl)cc(Cl)c2)c1. The molecule has 0 radical (unpaired) electrons. The van der Waals surface area contributed by atoms with Gasteiger partial charge in [0, 0.05) is 27.4 Å². The third-order valence-corrected chi connectivity index (χ3v) is 4.36.